The molecule has 0 bridgehead atoms. The molecule has 0 aromatic carbocycles. The number of pyridine rings is 1. The summed E-state index contributed by atoms with van der Waals surface area (Å²) in [4.78, 5) is 4.47. The molecule has 0 spiro atoms. The molecule has 0 saturated carbocycles. The predicted octanol–water partition coefficient (Wildman–Crippen LogP) is 2.38. The Morgan fingerprint density at radius 1 is 1.47 bits per heavy atom. The Morgan fingerprint density at radius 3 is 2.93 bits per heavy atom. The van der Waals surface area contributed by atoms with Crippen LogP contribution in [-0.2, 0) is 13.0 Å². The molecule has 0 saturated heterocycles. The zero-order valence-corrected chi connectivity index (χ0v) is 10.5. The van der Waals surface area contributed by atoms with E-state index in [4.69, 9.17) is 0 Å². The van der Waals surface area contributed by atoms with E-state index in [1.807, 2.05) is 7.05 Å². The second-order valence-electron chi connectivity index (χ2n) is 3.50. The number of fused-ring (bicyclic) bond motifs is 1. The van der Waals surface area contributed by atoms with Crippen LogP contribution in [0.25, 0.3) is 5.52 Å². The van der Waals surface area contributed by atoms with Gasteiger partial charge in [-0.25, -0.2) is 4.98 Å². The van der Waals surface area contributed by atoms with Gasteiger partial charge >= 0.3 is 0 Å². The third-order valence-corrected chi connectivity index (χ3v) is 3.01. The zero-order chi connectivity index (χ0) is 10.8. The van der Waals surface area contributed by atoms with Crippen molar-refractivity contribution in [1.82, 2.24) is 14.7 Å². The van der Waals surface area contributed by atoms with Crippen molar-refractivity contribution in [3.63, 3.8) is 0 Å². The molecule has 4 heteroatoms. The number of imidazole rings is 1. The molecular weight excluding hydrogens is 254 g/mol. The van der Waals surface area contributed by atoms with E-state index in [9.17, 15) is 0 Å². The zero-order valence-electron chi connectivity index (χ0n) is 8.92. The van der Waals surface area contributed by atoms with Crippen LogP contribution < -0.4 is 5.32 Å². The number of halogens is 1. The molecular formula is C11H14BrN3. The van der Waals surface area contributed by atoms with Gasteiger partial charge in [-0.1, -0.05) is 13.0 Å². The van der Waals surface area contributed by atoms with Gasteiger partial charge in [-0.05, 0) is 34.6 Å². The van der Waals surface area contributed by atoms with Crippen molar-refractivity contribution >= 4 is 21.4 Å². The lowest BCUT2D eigenvalue weighted by Crippen LogP contribution is -2.06. The standard InChI is InChI=1S/C11H14BrN3/c1-3-10-14-11(12)9-5-4-8(6-13-2)7-15(9)10/h4-5,7,13H,3,6H2,1-2H3. The second kappa shape index (κ2) is 4.33. The summed E-state index contributed by atoms with van der Waals surface area (Å²) in [7, 11) is 1.95. The summed E-state index contributed by atoms with van der Waals surface area (Å²) >= 11 is 3.47. The Morgan fingerprint density at radius 2 is 2.27 bits per heavy atom. The maximum atomic E-state index is 4.47. The molecule has 2 rings (SSSR count). The molecule has 0 aliphatic carbocycles. The molecule has 0 unspecified atom stereocenters. The second-order valence-corrected chi connectivity index (χ2v) is 4.25. The Balaban J connectivity index is 2.58. The Hall–Kier alpha value is -0.870. The number of aryl methyl sites for hydroxylation is 1. The van der Waals surface area contributed by atoms with Crippen LogP contribution >= 0.6 is 15.9 Å². The molecule has 2 aromatic heterocycles. The van der Waals surface area contributed by atoms with Crippen LogP contribution in [0, 0.1) is 0 Å². The lowest BCUT2D eigenvalue weighted by atomic mass is 10.2. The highest BCUT2D eigenvalue weighted by Gasteiger charge is 2.07. The van der Waals surface area contributed by atoms with Gasteiger partial charge < -0.3 is 9.72 Å². The summed E-state index contributed by atoms with van der Waals surface area (Å²) in [6.45, 7) is 3.00. The first kappa shape index (κ1) is 10.6. The fraction of sp³-hybridized carbons (Fsp3) is 0.364. The molecule has 0 amide bonds. The number of aromatic nitrogens is 2. The Bertz CT molecular complexity index is 476. The number of hydrogen-bond donors (Lipinski definition) is 1. The van der Waals surface area contributed by atoms with Gasteiger partial charge in [0.15, 0.2) is 0 Å². The maximum Gasteiger partial charge on any atom is 0.132 e. The predicted molar refractivity (Wildman–Crippen MR) is 65.0 cm³/mol. The van der Waals surface area contributed by atoms with Crippen molar-refractivity contribution in [2.45, 2.75) is 19.9 Å². The van der Waals surface area contributed by atoms with E-state index in [1.165, 1.54) is 5.56 Å². The third kappa shape index (κ3) is 1.92. The third-order valence-electron chi connectivity index (χ3n) is 2.42. The quantitative estimate of drug-likeness (QED) is 0.926. The molecule has 1 N–H and O–H groups in total. The van der Waals surface area contributed by atoms with E-state index >= 15 is 0 Å². The summed E-state index contributed by atoms with van der Waals surface area (Å²) in [5.74, 6) is 1.09. The first-order chi connectivity index (χ1) is 7.26. The first-order valence-corrected chi connectivity index (χ1v) is 5.85. The number of nitrogens with one attached hydrogen (secondary N) is 1. The van der Waals surface area contributed by atoms with Gasteiger partial charge in [0, 0.05) is 19.2 Å². The van der Waals surface area contributed by atoms with Crippen LogP contribution in [0.4, 0.5) is 0 Å². The van der Waals surface area contributed by atoms with E-state index in [-0.39, 0.29) is 0 Å². The van der Waals surface area contributed by atoms with Gasteiger partial charge in [-0.15, -0.1) is 0 Å². The number of nitrogens with zero attached hydrogens (tertiary/aromatic N) is 2. The van der Waals surface area contributed by atoms with Gasteiger partial charge in [0.25, 0.3) is 0 Å². The molecule has 3 nitrogen and oxygen atoms in total. The highest BCUT2D eigenvalue weighted by atomic mass is 79.9. The van der Waals surface area contributed by atoms with E-state index in [0.29, 0.717) is 0 Å². The van der Waals surface area contributed by atoms with Crippen molar-refractivity contribution in [2.75, 3.05) is 7.05 Å². The molecule has 2 heterocycles. The Kier molecular flexibility index (Phi) is 3.07. The highest BCUT2D eigenvalue weighted by molar-refractivity contribution is 9.10. The van der Waals surface area contributed by atoms with Crippen LogP contribution in [0.2, 0.25) is 0 Å². The molecule has 0 fully saturated rings. The largest absolute Gasteiger partial charge is 0.316 e. The van der Waals surface area contributed by atoms with Crippen molar-refractivity contribution in [1.29, 1.82) is 0 Å². The summed E-state index contributed by atoms with van der Waals surface area (Å²) < 4.78 is 3.08. The van der Waals surface area contributed by atoms with Gasteiger partial charge in [0.1, 0.15) is 10.4 Å². The van der Waals surface area contributed by atoms with E-state index in [1.54, 1.807) is 0 Å². The fourth-order valence-corrected chi connectivity index (χ4v) is 2.24. The SMILES string of the molecule is CCc1nc(Br)c2ccc(CNC)cn12. The minimum atomic E-state index is 0.884. The van der Waals surface area contributed by atoms with E-state index < -0.39 is 0 Å². The van der Waals surface area contributed by atoms with Crippen LogP contribution in [0.1, 0.15) is 18.3 Å². The molecule has 0 aliphatic rings. The number of hydrogen-bond acceptors (Lipinski definition) is 2. The molecule has 2 aromatic rings. The van der Waals surface area contributed by atoms with Crippen molar-refractivity contribution < 1.29 is 0 Å². The summed E-state index contributed by atoms with van der Waals surface area (Å²) in [6.07, 6.45) is 3.08. The summed E-state index contributed by atoms with van der Waals surface area (Å²) in [6, 6.07) is 4.22. The van der Waals surface area contributed by atoms with Crippen molar-refractivity contribution in [3.8, 4) is 0 Å². The molecule has 0 radical (unpaired) electrons. The summed E-state index contributed by atoms with van der Waals surface area (Å²) in [5, 5.41) is 3.15. The number of rotatable bonds is 3. The maximum absolute atomic E-state index is 4.47. The van der Waals surface area contributed by atoms with Gasteiger partial charge in [0.05, 0.1) is 5.52 Å². The minimum Gasteiger partial charge on any atom is -0.316 e. The monoisotopic (exact) mass is 267 g/mol. The van der Waals surface area contributed by atoms with Crippen LogP contribution in [-0.4, -0.2) is 16.4 Å². The lowest BCUT2D eigenvalue weighted by molar-refractivity contribution is 0.806. The lowest BCUT2D eigenvalue weighted by Gasteiger charge is -2.03. The molecule has 0 aliphatic heterocycles. The summed E-state index contributed by atoms with van der Waals surface area (Å²) in [5.41, 5.74) is 2.40. The smallest absolute Gasteiger partial charge is 0.132 e. The van der Waals surface area contributed by atoms with Gasteiger partial charge in [0.2, 0.25) is 0 Å². The first-order valence-electron chi connectivity index (χ1n) is 5.06. The highest BCUT2D eigenvalue weighted by Crippen LogP contribution is 2.20. The molecule has 80 valence electrons. The molecule has 15 heavy (non-hydrogen) atoms. The normalized spacial score (nSPS) is 11.1. The van der Waals surface area contributed by atoms with Crippen LogP contribution in [0.15, 0.2) is 22.9 Å². The van der Waals surface area contributed by atoms with Crippen LogP contribution in [0.3, 0.4) is 0 Å². The topological polar surface area (TPSA) is 29.3 Å². The van der Waals surface area contributed by atoms with E-state index in [0.717, 1.165) is 28.9 Å². The fourth-order valence-electron chi connectivity index (χ4n) is 1.71. The average Bonchev–Trinajstić information content (AvgIpc) is 2.56. The molecule has 0 atom stereocenters. The van der Waals surface area contributed by atoms with Crippen LogP contribution in [0.5, 0.6) is 0 Å². The van der Waals surface area contributed by atoms with E-state index in [2.05, 4.69) is 55.9 Å². The van der Waals surface area contributed by atoms with Gasteiger partial charge in [-0.3, -0.25) is 0 Å². The minimum absolute atomic E-state index is 0.884. The van der Waals surface area contributed by atoms with Crippen molar-refractivity contribution in [2.24, 2.45) is 0 Å². The average molecular weight is 268 g/mol. The van der Waals surface area contributed by atoms with Crippen molar-refractivity contribution in [3.05, 3.63) is 34.3 Å². The van der Waals surface area contributed by atoms with Gasteiger partial charge in [-0.2, -0.15) is 0 Å². The Labute approximate surface area is 97.6 Å².